The SMILES string of the molecule is O=C(NCC1CC(=O)N(c2ccc(F)cc2)C1)NC1CCCCC1. The Kier molecular flexibility index (Phi) is 5.33. The molecular formula is C18H24FN3O2. The summed E-state index contributed by atoms with van der Waals surface area (Å²) in [7, 11) is 0. The Labute approximate surface area is 141 Å². The van der Waals surface area contributed by atoms with Gasteiger partial charge in [0, 0.05) is 37.2 Å². The van der Waals surface area contributed by atoms with Crippen LogP contribution in [-0.4, -0.2) is 31.1 Å². The lowest BCUT2D eigenvalue weighted by Gasteiger charge is -2.23. The highest BCUT2D eigenvalue weighted by Crippen LogP contribution is 2.25. The highest BCUT2D eigenvalue weighted by Gasteiger charge is 2.30. The van der Waals surface area contributed by atoms with E-state index in [1.807, 2.05) is 0 Å². The maximum Gasteiger partial charge on any atom is 0.315 e. The molecule has 0 bridgehead atoms. The zero-order valence-corrected chi connectivity index (χ0v) is 13.8. The van der Waals surface area contributed by atoms with Gasteiger partial charge in [-0.1, -0.05) is 19.3 Å². The van der Waals surface area contributed by atoms with Gasteiger partial charge in [-0.25, -0.2) is 9.18 Å². The van der Waals surface area contributed by atoms with Gasteiger partial charge in [0.05, 0.1) is 0 Å². The minimum Gasteiger partial charge on any atom is -0.338 e. The van der Waals surface area contributed by atoms with Crippen molar-refractivity contribution >= 4 is 17.6 Å². The molecule has 1 saturated heterocycles. The summed E-state index contributed by atoms with van der Waals surface area (Å²) >= 11 is 0. The van der Waals surface area contributed by atoms with E-state index in [0.29, 0.717) is 25.2 Å². The molecule has 3 amide bonds. The number of amides is 3. The second kappa shape index (κ2) is 7.64. The number of hydrogen-bond donors (Lipinski definition) is 2. The van der Waals surface area contributed by atoms with E-state index in [4.69, 9.17) is 0 Å². The van der Waals surface area contributed by atoms with Crippen molar-refractivity contribution in [1.82, 2.24) is 10.6 Å². The highest BCUT2D eigenvalue weighted by atomic mass is 19.1. The van der Waals surface area contributed by atoms with Crippen LogP contribution in [0.2, 0.25) is 0 Å². The number of rotatable bonds is 4. The average molecular weight is 333 g/mol. The van der Waals surface area contributed by atoms with Crippen LogP contribution in [0, 0.1) is 11.7 Å². The zero-order valence-electron chi connectivity index (χ0n) is 13.8. The third-order valence-corrected chi connectivity index (χ3v) is 4.84. The van der Waals surface area contributed by atoms with E-state index in [2.05, 4.69) is 10.6 Å². The topological polar surface area (TPSA) is 61.4 Å². The van der Waals surface area contributed by atoms with Crippen molar-refractivity contribution in [2.75, 3.05) is 18.0 Å². The third kappa shape index (κ3) is 4.24. The molecule has 2 N–H and O–H groups in total. The molecule has 0 radical (unpaired) electrons. The van der Waals surface area contributed by atoms with Crippen molar-refractivity contribution in [3.05, 3.63) is 30.1 Å². The number of halogens is 1. The van der Waals surface area contributed by atoms with Gasteiger partial charge in [-0.3, -0.25) is 4.79 Å². The van der Waals surface area contributed by atoms with Gasteiger partial charge < -0.3 is 15.5 Å². The van der Waals surface area contributed by atoms with E-state index in [1.165, 1.54) is 31.4 Å². The predicted molar refractivity (Wildman–Crippen MR) is 90.3 cm³/mol. The first-order valence-electron chi connectivity index (χ1n) is 8.72. The maximum absolute atomic E-state index is 13.0. The standard InChI is InChI=1S/C18H24FN3O2/c19-14-6-8-16(9-7-14)22-12-13(10-17(22)23)11-20-18(24)21-15-4-2-1-3-5-15/h6-9,13,15H,1-5,10-12H2,(H2,20,21,24). The lowest BCUT2D eigenvalue weighted by Crippen LogP contribution is -2.44. The largest absolute Gasteiger partial charge is 0.338 e. The molecule has 1 aromatic rings. The van der Waals surface area contributed by atoms with E-state index in [1.54, 1.807) is 17.0 Å². The monoisotopic (exact) mass is 333 g/mol. The second-order valence-corrected chi connectivity index (χ2v) is 6.74. The number of urea groups is 1. The van der Waals surface area contributed by atoms with Crippen molar-refractivity contribution in [2.24, 2.45) is 5.92 Å². The molecule has 0 aromatic heterocycles. The molecule has 6 heteroatoms. The fourth-order valence-corrected chi connectivity index (χ4v) is 3.51. The summed E-state index contributed by atoms with van der Waals surface area (Å²) in [6.07, 6.45) is 6.11. The number of carbonyl (C=O) groups excluding carboxylic acids is 2. The van der Waals surface area contributed by atoms with Crippen molar-refractivity contribution in [3.63, 3.8) is 0 Å². The molecule has 1 aliphatic carbocycles. The number of anilines is 1. The minimum atomic E-state index is -0.317. The summed E-state index contributed by atoms with van der Waals surface area (Å²) in [5.74, 6) is -0.219. The summed E-state index contributed by atoms with van der Waals surface area (Å²) in [6.45, 7) is 1.02. The first-order valence-corrected chi connectivity index (χ1v) is 8.72. The molecule has 24 heavy (non-hydrogen) atoms. The van der Waals surface area contributed by atoms with Gasteiger partial charge in [-0.2, -0.15) is 0 Å². The first-order chi connectivity index (χ1) is 11.6. The molecule has 1 heterocycles. The van der Waals surface area contributed by atoms with Crippen LogP contribution in [0.4, 0.5) is 14.9 Å². The Morgan fingerprint density at radius 3 is 2.58 bits per heavy atom. The average Bonchev–Trinajstić information content (AvgIpc) is 2.95. The zero-order chi connectivity index (χ0) is 16.9. The Balaban J connectivity index is 1.45. The van der Waals surface area contributed by atoms with Crippen LogP contribution in [-0.2, 0) is 4.79 Å². The Morgan fingerprint density at radius 2 is 1.88 bits per heavy atom. The Bertz CT molecular complexity index is 584. The number of nitrogens with one attached hydrogen (secondary N) is 2. The van der Waals surface area contributed by atoms with Crippen LogP contribution in [0.1, 0.15) is 38.5 Å². The van der Waals surface area contributed by atoms with E-state index >= 15 is 0 Å². The second-order valence-electron chi connectivity index (χ2n) is 6.74. The molecule has 0 spiro atoms. The fraction of sp³-hybridized carbons (Fsp3) is 0.556. The van der Waals surface area contributed by atoms with E-state index < -0.39 is 0 Å². The van der Waals surface area contributed by atoms with Gasteiger partial charge in [0.25, 0.3) is 0 Å². The van der Waals surface area contributed by atoms with Crippen molar-refractivity contribution < 1.29 is 14.0 Å². The van der Waals surface area contributed by atoms with E-state index in [-0.39, 0.29) is 29.7 Å². The number of nitrogens with zero attached hydrogens (tertiary/aromatic N) is 1. The molecule has 1 aliphatic heterocycles. The van der Waals surface area contributed by atoms with Crippen LogP contribution in [0.5, 0.6) is 0 Å². The molecule has 130 valence electrons. The molecule has 1 atom stereocenters. The van der Waals surface area contributed by atoms with Gasteiger partial charge in [0.15, 0.2) is 0 Å². The highest BCUT2D eigenvalue weighted by molar-refractivity contribution is 5.95. The molecule has 1 unspecified atom stereocenters. The predicted octanol–water partition coefficient (Wildman–Crippen LogP) is 2.81. The van der Waals surface area contributed by atoms with E-state index in [0.717, 1.165) is 12.8 Å². The van der Waals surface area contributed by atoms with Crippen LogP contribution < -0.4 is 15.5 Å². The lowest BCUT2D eigenvalue weighted by molar-refractivity contribution is -0.117. The summed E-state index contributed by atoms with van der Waals surface area (Å²) in [5.41, 5.74) is 0.704. The normalized spacial score (nSPS) is 21.8. The van der Waals surface area contributed by atoms with Gasteiger partial charge in [0.1, 0.15) is 5.82 Å². The van der Waals surface area contributed by atoms with Crippen molar-refractivity contribution in [1.29, 1.82) is 0 Å². The van der Waals surface area contributed by atoms with Crippen LogP contribution in [0.25, 0.3) is 0 Å². The number of carbonyl (C=O) groups is 2. The summed E-state index contributed by atoms with van der Waals surface area (Å²) in [4.78, 5) is 25.8. The number of hydrogen-bond acceptors (Lipinski definition) is 2. The molecule has 5 nitrogen and oxygen atoms in total. The molecule has 2 fully saturated rings. The molecule has 1 aromatic carbocycles. The third-order valence-electron chi connectivity index (χ3n) is 4.84. The molecule has 2 aliphatic rings. The summed E-state index contributed by atoms with van der Waals surface area (Å²) < 4.78 is 13.0. The van der Waals surface area contributed by atoms with Crippen molar-refractivity contribution in [3.8, 4) is 0 Å². The molecule has 1 saturated carbocycles. The molecule has 3 rings (SSSR count). The van der Waals surface area contributed by atoms with Crippen LogP contribution in [0.15, 0.2) is 24.3 Å². The van der Waals surface area contributed by atoms with Crippen LogP contribution in [0.3, 0.4) is 0 Å². The Hall–Kier alpha value is -2.11. The quantitative estimate of drug-likeness (QED) is 0.890. The van der Waals surface area contributed by atoms with Gasteiger partial charge >= 0.3 is 6.03 Å². The van der Waals surface area contributed by atoms with Gasteiger partial charge in [-0.05, 0) is 37.1 Å². The minimum absolute atomic E-state index is 0.0149. The summed E-state index contributed by atoms with van der Waals surface area (Å²) in [5, 5.41) is 5.90. The Morgan fingerprint density at radius 1 is 1.17 bits per heavy atom. The van der Waals surface area contributed by atoms with E-state index in [9.17, 15) is 14.0 Å². The van der Waals surface area contributed by atoms with Gasteiger partial charge in [0.2, 0.25) is 5.91 Å². The van der Waals surface area contributed by atoms with Crippen molar-refractivity contribution in [2.45, 2.75) is 44.6 Å². The van der Waals surface area contributed by atoms with Crippen LogP contribution >= 0.6 is 0 Å². The lowest BCUT2D eigenvalue weighted by atomic mass is 9.96. The summed E-state index contributed by atoms with van der Waals surface area (Å²) in [6, 6.07) is 6.06. The smallest absolute Gasteiger partial charge is 0.315 e. The maximum atomic E-state index is 13.0. The van der Waals surface area contributed by atoms with Gasteiger partial charge in [-0.15, -0.1) is 0 Å². The first kappa shape index (κ1) is 16.7. The molecular weight excluding hydrogens is 309 g/mol. The number of benzene rings is 1. The fourth-order valence-electron chi connectivity index (χ4n) is 3.51.